The Morgan fingerprint density at radius 1 is 0.478 bits per heavy atom. The number of hydrogen-bond donors (Lipinski definition) is 0. The Labute approximate surface area is 277 Å². The van der Waals surface area contributed by atoms with Crippen LogP contribution in [0.1, 0.15) is 74.9 Å². The van der Waals surface area contributed by atoms with E-state index in [1.165, 1.54) is 0 Å². The molecule has 0 saturated carbocycles. The fourth-order valence-corrected chi connectivity index (χ4v) is 7.58. The summed E-state index contributed by atoms with van der Waals surface area (Å²) in [5.41, 5.74) is 4.77. The highest BCUT2D eigenvalue weighted by atomic mass is 32.2. The molecule has 6 heteroatoms. The second-order valence-electron chi connectivity index (χ2n) is 13.1. The van der Waals surface area contributed by atoms with Gasteiger partial charge in [-0.3, -0.25) is 0 Å². The van der Waals surface area contributed by atoms with E-state index in [0.29, 0.717) is 11.5 Å². The van der Waals surface area contributed by atoms with Crippen LogP contribution in [0.25, 0.3) is 24.3 Å². The maximum Gasteiger partial charge on any atom is 0.123 e. The van der Waals surface area contributed by atoms with Gasteiger partial charge in [0.05, 0.1) is 49.0 Å². The van der Waals surface area contributed by atoms with E-state index >= 15 is 4.21 Å². The number of benzene rings is 4. The van der Waals surface area contributed by atoms with Crippen LogP contribution in [0.15, 0.2) is 82.6 Å². The summed E-state index contributed by atoms with van der Waals surface area (Å²) in [6, 6.07) is 23.7. The van der Waals surface area contributed by atoms with Gasteiger partial charge in [-0.05, 0) is 69.5 Å². The lowest BCUT2D eigenvalue weighted by Crippen LogP contribution is -2.21. The summed E-state index contributed by atoms with van der Waals surface area (Å²) in [5.74, 6) is 2.99. The van der Waals surface area contributed by atoms with Gasteiger partial charge in [0.25, 0.3) is 0 Å². The summed E-state index contributed by atoms with van der Waals surface area (Å²) in [5, 5.41) is 0. The zero-order valence-electron chi connectivity index (χ0n) is 28.7. The standard InChI is InChI=1S/C40H46O5S/c1-39(2,3)35-33(44-9)25-19-29(17-11-27-13-21-31(42-7)22-14-27)37(35)46(41)38-30(18-12-28-15-23-32(43-8)24-16-28)20-26-34(45-10)36(38)40(4,5)6/h11-26H,1-10H3/b17-11+,18-12+. The third-order valence-corrected chi connectivity index (χ3v) is 9.37. The van der Waals surface area contributed by atoms with Gasteiger partial charge in [0.1, 0.15) is 23.0 Å². The second kappa shape index (κ2) is 14.4. The molecule has 4 aromatic carbocycles. The minimum atomic E-state index is -1.64. The average Bonchev–Trinajstić information content (AvgIpc) is 3.04. The Morgan fingerprint density at radius 3 is 1.11 bits per heavy atom. The van der Waals surface area contributed by atoms with Crippen molar-refractivity contribution in [2.45, 2.75) is 62.2 Å². The Balaban J connectivity index is 2.01. The SMILES string of the molecule is COc1ccc(/C=C/c2ccc(OC)c(C(C)(C)C)c2S(=O)c2c(/C=C/c3ccc(OC)cc3)ccc(OC)c2C(C)(C)C)cc1. The van der Waals surface area contributed by atoms with Crippen LogP contribution in [0.4, 0.5) is 0 Å². The van der Waals surface area contributed by atoms with Crippen molar-refractivity contribution in [2.24, 2.45) is 0 Å². The Bertz CT molecular complexity index is 1610. The van der Waals surface area contributed by atoms with Crippen molar-refractivity contribution in [1.82, 2.24) is 0 Å². The maximum absolute atomic E-state index is 15.4. The van der Waals surface area contributed by atoms with Crippen LogP contribution in [0.5, 0.6) is 23.0 Å². The number of rotatable bonds is 10. The van der Waals surface area contributed by atoms with E-state index in [2.05, 4.69) is 41.5 Å². The number of ether oxygens (including phenoxy) is 4. The Hall–Kier alpha value is -4.29. The molecule has 0 amide bonds. The van der Waals surface area contributed by atoms with E-state index in [1.807, 2.05) is 97.1 Å². The van der Waals surface area contributed by atoms with Gasteiger partial charge in [-0.15, -0.1) is 0 Å². The molecule has 0 fully saturated rings. The van der Waals surface area contributed by atoms with Crippen molar-refractivity contribution in [3.63, 3.8) is 0 Å². The molecule has 0 bridgehead atoms. The van der Waals surface area contributed by atoms with Crippen LogP contribution >= 0.6 is 0 Å². The minimum absolute atomic E-state index is 0.375. The number of methoxy groups -OCH3 is 4. The van der Waals surface area contributed by atoms with E-state index in [1.54, 1.807) is 28.4 Å². The molecule has 0 unspecified atom stereocenters. The smallest absolute Gasteiger partial charge is 0.123 e. The first-order chi connectivity index (χ1) is 21.8. The summed E-state index contributed by atoms with van der Waals surface area (Å²) in [4.78, 5) is 1.43. The highest BCUT2D eigenvalue weighted by molar-refractivity contribution is 7.85. The first kappa shape index (κ1) is 34.6. The summed E-state index contributed by atoms with van der Waals surface area (Å²) in [7, 11) is 5.00. The monoisotopic (exact) mass is 638 g/mol. The van der Waals surface area contributed by atoms with Gasteiger partial charge < -0.3 is 18.9 Å². The van der Waals surface area contributed by atoms with E-state index in [4.69, 9.17) is 18.9 Å². The molecule has 0 atom stereocenters. The zero-order valence-corrected chi connectivity index (χ0v) is 29.5. The number of hydrogen-bond acceptors (Lipinski definition) is 5. The Morgan fingerprint density at radius 2 is 0.826 bits per heavy atom. The lowest BCUT2D eigenvalue weighted by atomic mass is 9.84. The van der Waals surface area contributed by atoms with Crippen LogP contribution in [0, 0.1) is 0 Å². The molecule has 0 aromatic heterocycles. The Kier molecular flexibility index (Phi) is 10.8. The van der Waals surface area contributed by atoms with Crippen molar-refractivity contribution in [1.29, 1.82) is 0 Å². The first-order valence-electron chi connectivity index (χ1n) is 15.3. The highest BCUT2D eigenvalue weighted by Crippen LogP contribution is 2.45. The quantitative estimate of drug-likeness (QED) is 0.162. The fourth-order valence-electron chi connectivity index (χ4n) is 5.49. The zero-order chi connectivity index (χ0) is 33.6. The molecule has 0 aliphatic carbocycles. The van der Waals surface area contributed by atoms with E-state index in [9.17, 15) is 0 Å². The molecule has 5 nitrogen and oxygen atoms in total. The largest absolute Gasteiger partial charge is 0.497 e. The lowest BCUT2D eigenvalue weighted by Gasteiger charge is -2.30. The van der Waals surface area contributed by atoms with Crippen LogP contribution in [-0.2, 0) is 21.6 Å². The molecule has 4 rings (SSSR count). The molecular weight excluding hydrogens is 593 g/mol. The van der Waals surface area contributed by atoms with Gasteiger partial charge in [0.15, 0.2) is 0 Å². The average molecular weight is 639 g/mol. The van der Waals surface area contributed by atoms with Gasteiger partial charge in [-0.25, -0.2) is 4.21 Å². The predicted octanol–water partition coefficient (Wildman–Crippen LogP) is 9.82. The molecule has 0 radical (unpaired) electrons. The third-order valence-electron chi connectivity index (χ3n) is 7.75. The van der Waals surface area contributed by atoms with Crippen molar-refractivity contribution < 1.29 is 23.2 Å². The molecule has 46 heavy (non-hydrogen) atoms. The van der Waals surface area contributed by atoms with Gasteiger partial charge in [-0.1, -0.05) is 102 Å². The van der Waals surface area contributed by atoms with Gasteiger partial charge in [0, 0.05) is 11.1 Å². The van der Waals surface area contributed by atoms with E-state index < -0.39 is 10.8 Å². The normalized spacial score (nSPS) is 12.2. The van der Waals surface area contributed by atoms with Crippen LogP contribution < -0.4 is 18.9 Å². The van der Waals surface area contributed by atoms with E-state index in [0.717, 1.165) is 54.7 Å². The van der Waals surface area contributed by atoms with Crippen molar-refractivity contribution in [3.8, 4) is 23.0 Å². The molecule has 0 saturated heterocycles. The van der Waals surface area contributed by atoms with Gasteiger partial charge in [-0.2, -0.15) is 0 Å². The van der Waals surface area contributed by atoms with Crippen LogP contribution in [-0.4, -0.2) is 32.6 Å². The maximum atomic E-state index is 15.4. The predicted molar refractivity (Wildman–Crippen MR) is 192 cm³/mol. The summed E-state index contributed by atoms with van der Waals surface area (Å²) >= 11 is 0. The minimum Gasteiger partial charge on any atom is -0.497 e. The van der Waals surface area contributed by atoms with E-state index in [-0.39, 0.29) is 10.8 Å². The third kappa shape index (κ3) is 7.73. The lowest BCUT2D eigenvalue weighted by molar-refractivity contribution is 0.393. The van der Waals surface area contributed by atoms with Crippen LogP contribution in [0.3, 0.4) is 0 Å². The molecule has 0 aliphatic heterocycles. The van der Waals surface area contributed by atoms with Gasteiger partial charge in [0.2, 0.25) is 0 Å². The summed E-state index contributed by atoms with van der Waals surface area (Å²) in [6.45, 7) is 12.8. The van der Waals surface area contributed by atoms with Crippen molar-refractivity contribution in [3.05, 3.63) is 106 Å². The first-order valence-corrected chi connectivity index (χ1v) is 16.5. The topological polar surface area (TPSA) is 54.0 Å². The molecule has 0 N–H and O–H groups in total. The van der Waals surface area contributed by atoms with Gasteiger partial charge >= 0.3 is 0 Å². The summed E-state index contributed by atoms with van der Waals surface area (Å²) < 4.78 is 38.0. The molecule has 0 aliphatic rings. The summed E-state index contributed by atoms with van der Waals surface area (Å²) in [6.07, 6.45) is 8.14. The van der Waals surface area contributed by atoms with Crippen molar-refractivity contribution >= 4 is 35.1 Å². The molecule has 4 aromatic rings. The van der Waals surface area contributed by atoms with Crippen LogP contribution in [0.2, 0.25) is 0 Å². The highest BCUT2D eigenvalue weighted by Gasteiger charge is 2.33. The second-order valence-corrected chi connectivity index (χ2v) is 14.5. The molecule has 0 spiro atoms. The molecular formula is C40H46O5S. The fraction of sp³-hybridized carbons (Fsp3) is 0.300. The molecule has 0 heterocycles. The molecule has 242 valence electrons. The van der Waals surface area contributed by atoms with Crippen molar-refractivity contribution in [2.75, 3.05) is 28.4 Å².